The smallest absolute Gasteiger partial charge is 0.341 e. The van der Waals surface area contributed by atoms with E-state index in [1.165, 1.54) is 12.7 Å². The van der Waals surface area contributed by atoms with Crippen molar-refractivity contribution in [3.63, 3.8) is 0 Å². The van der Waals surface area contributed by atoms with Crippen LogP contribution in [0.2, 0.25) is 5.02 Å². The summed E-state index contributed by atoms with van der Waals surface area (Å²) in [5, 5.41) is 6.31. The van der Waals surface area contributed by atoms with Crippen LogP contribution in [-0.2, 0) is 16.0 Å². The summed E-state index contributed by atoms with van der Waals surface area (Å²) in [5.41, 5.74) is 2.38. The van der Waals surface area contributed by atoms with Crippen molar-refractivity contribution < 1.29 is 14.3 Å². The van der Waals surface area contributed by atoms with Crippen molar-refractivity contribution in [2.75, 3.05) is 20.3 Å². The van der Waals surface area contributed by atoms with Crippen molar-refractivity contribution in [3.8, 4) is 0 Å². The van der Waals surface area contributed by atoms with Crippen LogP contribution in [0.1, 0.15) is 23.6 Å². The molecule has 1 aliphatic heterocycles. The van der Waals surface area contributed by atoms with Crippen molar-refractivity contribution >= 4 is 29.3 Å². The number of benzene rings is 2. The summed E-state index contributed by atoms with van der Waals surface area (Å²) in [6.07, 6.45) is 1.69. The summed E-state index contributed by atoms with van der Waals surface area (Å²) >= 11 is 6.12. The molecule has 0 bridgehead atoms. The molecule has 0 fully saturated rings. The lowest BCUT2D eigenvalue weighted by Crippen LogP contribution is -2.49. The Balaban J connectivity index is 1.72. The number of urea groups is 1. The van der Waals surface area contributed by atoms with Gasteiger partial charge in [-0.1, -0.05) is 54.1 Å². The Morgan fingerprint density at radius 2 is 2.00 bits per heavy atom. The first-order chi connectivity index (χ1) is 14.1. The number of nitrogens with zero attached hydrogens (tertiary/aromatic N) is 1. The van der Waals surface area contributed by atoms with E-state index in [2.05, 4.69) is 27.8 Å². The Labute approximate surface area is 175 Å². The molecule has 0 saturated heterocycles. The fourth-order valence-electron chi connectivity index (χ4n) is 3.45. The fourth-order valence-corrected chi connectivity index (χ4v) is 3.65. The van der Waals surface area contributed by atoms with Gasteiger partial charge in [0.05, 0.1) is 18.4 Å². The first-order valence-electron chi connectivity index (χ1n) is 9.52. The quantitative estimate of drug-likeness (QED) is 0.649. The maximum Gasteiger partial charge on any atom is 0.341 e. The number of halogens is 1. The van der Waals surface area contributed by atoms with Crippen molar-refractivity contribution in [2.24, 2.45) is 10.9 Å². The number of methoxy groups -OCH3 is 1. The number of hydrogen-bond donors (Lipinski definition) is 2. The highest BCUT2D eigenvalue weighted by Gasteiger charge is 2.38. The molecule has 1 heterocycles. The number of carbonyl (C=O) groups excluding carboxylic acids is 2. The zero-order valence-corrected chi connectivity index (χ0v) is 17.0. The van der Waals surface area contributed by atoms with Gasteiger partial charge >= 0.3 is 6.03 Å². The normalized spacial score (nSPS) is 18.7. The maximum absolute atomic E-state index is 13.0. The third-order valence-electron chi connectivity index (χ3n) is 4.78. The minimum atomic E-state index is -0.664. The Kier molecular flexibility index (Phi) is 7.38. The zero-order chi connectivity index (χ0) is 20.6. The molecule has 152 valence electrons. The second-order valence-electron chi connectivity index (χ2n) is 6.88. The van der Waals surface area contributed by atoms with Crippen molar-refractivity contribution in [2.45, 2.75) is 18.9 Å². The minimum absolute atomic E-state index is 0.104. The Hall–Kier alpha value is -2.70. The largest absolute Gasteiger partial charge is 0.379 e. The van der Waals surface area contributed by atoms with E-state index in [4.69, 9.17) is 16.3 Å². The third kappa shape index (κ3) is 5.65. The van der Waals surface area contributed by atoms with Gasteiger partial charge < -0.3 is 15.4 Å². The molecule has 2 atom stereocenters. The summed E-state index contributed by atoms with van der Waals surface area (Å²) < 4.78 is 5.18. The topological polar surface area (TPSA) is 79.8 Å². The highest BCUT2D eigenvalue weighted by atomic mass is 35.5. The number of aliphatic imine (C=N–C) groups is 1. The van der Waals surface area contributed by atoms with Gasteiger partial charge in [0.2, 0.25) is 5.91 Å². The summed E-state index contributed by atoms with van der Waals surface area (Å²) in [6.45, 7) is 0.632. The number of aryl methyl sites for hydroxylation is 1. The van der Waals surface area contributed by atoms with Crippen LogP contribution in [-0.4, -0.2) is 37.9 Å². The number of rotatable bonds is 8. The molecular formula is C22H24ClN3O3. The average molecular weight is 414 g/mol. The lowest BCUT2D eigenvalue weighted by Gasteiger charge is -2.31. The minimum Gasteiger partial charge on any atom is -0.379 e. The predicted molar refractivity (Wildman–Crippen MR) is 113 cm³/mol. The molecule has 2 unspecified atom stereocenters. The Morgan fingerprint density at radius 1 is 1.21 bits per heavy atom. The van der Waals surface area contributed by atoms with Gasteiger partial charge in [-0.05, 0) is 36.1 Å². The molecule has 2 N–H and O–H groups in total. The summed E-state index contributed by atoms with van der Waals surface area (Å²) in [7, 11) is 1.51. The van der Waals surface area contributed by atoms with Crippen LogP contribution in [0.4, 0.5) is 4.79 Å². The molecule has 2 aromatic rings. The number of nitrogens with one attached hydrogen (secondary N) is 2. The molecule has 0 spiro atoms. The van der Waals surface area contributed by atoms with Gasteiger partial charge in [-0.2, -0.15) is 4.99 Å². The van der Waals surface area contributed by atoms with E-state index in [9.17, 15) is 9.59 Å². The van der Waals surface area contributed by atoms with E-state index < -0.39 is 18.0 Å². The zero-order valence-electron chi connectivity index (χ0n) is 16.2. The Morgan fingerprint density at radius 3 is 2.72 bits per heavy atom. The number of carbonyl (C=O) groups is 2. The molecule has 0 aliphatic carbocycles. The molecular weight excluding hydrogens is 390 g/mol. The lowest BCUT2D eigenvalue weighted by atomic mass is 9.87. The van der Waals surface area contributed by atoms with Crippen LogP contribution in [0, 0.1) is 5.92 Å². The molecule has 0 saturated carbocycles. The molecule has 6 nitrogen and oxygen atoms in total. The molecule has 29 heavy (non-hydrogen) atoms. The third-order valence-corrected chi connectivity index (χ3v) is 5.02. The van der Waals surface area contributed by atoms with Crippen LogP contribution < -0.4 is 10.6 Å². The van der Waals surface area contributed by atoms with Gasteiger partial charge in [-0.3, -0.25) is 4.79 Å². The molecule has 0 radical (unpaired) electrons. The predicted octanol–water partition coefficient (Wildman–Crippen LogP) is 3.56. The highest BCUT2D eigenvalue weighted by molar-refractivity contribution is 6.30. The van der Waals surface area contributed by atoms with Crippen LogP contribution in [0.25, 0.3) is 0 Å². The van der Waals surface area contributed by atoms with Gasteiger partial charge in [0, 0.05) is 18.7 Å². The van der Waals surface area contributed by atoms with Gasteiger partial charge in [0.1, 0.15) is 5.92 Å². The number of amides is 3. The van der Waals surface area contributed by atoms with Crippen molar-refractivity contribution in [1.82, 2.24) is 10.6 Å². The Bertz CT molecular complexity index is 886. The van der Waals surface area contributed by atoms with Crippen LogP contribution in [0.5, 0.6) is 0 Å². The van der Waals surface area contributed by atoms with E-state index in [-0.39, 0.29) is 12.5 Å². The fraction of sp³-hybridized carbons (Fsp3) is 0.318. The molecule has 3 rings (SSSR count). The monoisotopic (exact) mass is 413 g/mol. The standard InChI is InChI=1S/C22H24ClN3O3/c1-29-14-18-19(21(27)24-12-6-9-15-7-3-2-4-8-15)20(26-22(28)25-18)16-10-5-11-17(23)13-16/h2-5,7-8,10-11,13,19-20H,6,9,12,14H2,1H3,(H,24,27)(H,26,28). The van der Waals surface area contributed by atoms with Crippen LogP contribution >= 0.6 is 11.6 Å². The van der Waals surface area contributed by atoms with E-state index in [0.717, 1.165) is 18.4 Å². The first-order valence-corrected chi connectivity index (χ1v) is 9.90. The van der Waals surface area contributed by atoms with Gasteiger partial charge in [-0.15, -0.1) is 0 Å². The number of hydrogen-bond acceptors (Lipinski definition) is 3. The summed E-state index contributed by atoms with van der Waals surface area (Å²) in [4.78, 5) is 29.1. The number of ether oxygens (including phenoxy) is 1. The molecule has 0 aromatic heterocycles. The highest BCUT2D eigenvalue weighted by Crippen LogP contribution is 2.29. The molecule has 2 aromatic carbocycles. The lowest BCUT2D eigenvalue weighted by molar-refractivity contribution is -0.123. The van der Waals surface area contributed by atoms with Crippen molar-refractivity contribution in [3.05, 3.63) is 70.7 Å². The summed E-state index contributed by atoms with van der Waals surface area (Å²) in [6, 6.07) is 16.2. The molecule has 1 aliphatic rings. The van der Waals surface area contributed by atoms with E-state index in [1.807, 2.05) is 24.3 Å². The summed E-state index contributed by atoms with van der Waals surface area (Å²) in [5.74, 6) is -0.860. The second kappa shape index (κ2) is 10.2. The average Bonchev–Trinajstić information content (AvgIpc) is 2.71. The van der Waals surface area contributed by atoms with Crippen LogP contribution in [0.15, 0.2) is 59.6 Å². The SMILES string of the molecule is COCC1=NC(=O)NC(c2cccc(Cl)c2)C1C(=O)NCCCc1ccccc1. The van der Waals surface area contributed by atoms with Gasteiger partial charge in [-0.25, -0.2) is 4.79 Å². The van der Waals surface area contributed by atoms with Crippen molar-refractivity contribution in [1.29, 1.82) is 0 Å². The first kappa shape index (κ1) is 21.0. The van der Waals surface area contributed by atoms with E-state index in [0.29, 0.717) is 17.3 Å². The maximum atomic E-state index is 13.0. The van der Waals surface area contributed by atoms with Crippen LogP contribution in [0.3, 0.4) is 0 Å². The van der Waals surface area contributed by atoms with E-state index >= 15 is 0 Å². The second-order valence-corrected chi connectivity index (χ2v) is 7.31. The molecule has 7 heteroatoms. The van der Waals surface area contributed by atoms with Gasteiger partial charge in [0.25, 0.3) is 0 Å². The van der Waals surface area contributed by atoms with Gasteiger partial charge in [0.15, 0.2) is 0 Å². The van der Waals surface area contributed by atoms with E-state index in [1.54, 1.807) is 18.2 Å². The molecule has 3 amide bonds.